The molecular weight excluding hydrogens is 426 g/mol. The van der Waals surface area contributed by atoms with Gasteiger partial charge in [0.25, 0.3) is 0 Å². The molecule has 0 atom stereocenters. The Morgan fingerprint density at radius 1 is 1.00 bits per heavy atom. The molecule has 8 heteroatoms. The Labute approximate surface area is 191 Å². The van der Waals surface area contributed by atoms with Gasteiger partial charge in [-0.3, -0.25) is 9.69 Å². The first-order valence-electron chi connectivity index (χ1n) is 10.9. The summed E-state index contributed by atoms with van der Waals surface area (Å²) in [5.74, 6) is 2.21. The molecule has 2 aliphatic rings. The molecule has 1 saturated carbocycles. The molecule has 31 heavy (non-hydrogen) atoms. The minimum absolute atomic E-state index is 0.197. The topological polar surface area (TPSA) is 54.3 Å². The molecule has 0 spiro atoms. The van der Waals surface area contributed by atoms with Gasteiger partial charge in [-0.2, -0.15) is 0 Å². The maximum absolute atomic E-state index is 12.8. The van der Waals surface area contributed by atoms with Crippen LogP contribution in [0.5, 0.6) is 0 Å². The lowest BCUT2D eigenvalue weighted by molar-refractivity contribution is -0.130. The van der Waals surface area contributed by atoms with E-state index in [0.29, 0.717) is 11.7 Å². The van der Waals surface area contributed by atoms with Gasteiger partial charge in [0.1, 0.15) is 5.82 Å². The fourth-order valence-corrected chi connectivity index (χ4v) is 5.55. The van der Waals surface area contributed by atoms with Crippen LogP contribution < -0.4 is 0 Å². The molecule has 1 aliphatic heterocycles. The van der Waals surface area contributed by atoms with E-state index in [0.717, 1.165) is 50.2 Å². The zero-order valence-corrected chi connectivity index (χ0v) is 19.2. The van der Waals surface area contributed by atoms with Crippen LogP contribution in [-0.2, 0) is 17.9 Å². The van der Waals surface area contributed by atoms with Crippen molar-refractivity contribution in [3.63, 3.8) is 0 Å². The van der Waals surface area contributed by atoms with Crippen molar-refractivity contribution < 1.29 is 4.79 Å². The number of amides is 1. The van der Waals surface area contributed by atoms with Gasteiger partial charge in [0.05, 0.1) is 12.3 Å². The largest absolute Gasteiger partial charge is 0.339 e. The molecule has 1 aliphatic carbocycles. The summed E-state index contributed by atoms with van der Waals surface area (Å²) in [5, 5.41) is 11.9. The Morgan fingerprint density at radius 3 is 2.52 bits per heavy atom. The molecule has 1 aromatic carbocycles. The minimum atomic E-state index is 0.197. The fourth-order valence-electron chi connectivity index (χ4n) is 3.96. The first-order chi connectivity index (χ1) is 15.3. The average molecular weight is 454 g/mol. The predicted molar refractivity (Wildman–Crippen MR) is 124 cm³/mol. The van der Waals surface area contributed by atoms with Crippen molar-refractivity contribution in [2.75, 3.05) is 31.9 Å². The van der Waals surface area contributed by atoms with E-state index in [1.165, 1.54) is 35.0 Å². The number of hydrogen-bond acceptors (Lipinski definition) is 6. The van der Waals surface area contributed by atoms with Gasteiger partial charge in [0.15, 0.2) is 5.16 Å². The molecule has 0 radical (unpaired) electrons. The summed E-state index contributed by atoms with van der Waals surface area (Å²) < 4.78 is 2.21. The van der Waals surface area contributed by atoms with Crippen molar-refractivity contribution in [3.05, 3.63) is 64.1 Å². The van der Waals surface area contributed by atoms with Crippen LogP contribution in [0.3, 0.4) is 0 Å². The maximum atomic E-state index is 12.8. The third-order valence-electron chi connectivity index (χ3n) is 5.88. The number of thioether (sulfide) groups is 1. The highest BCUT2D eigenvalue weighted by molar-refractivity contribution is 7.99. The summed E-state index contributed by atoms with van der Waals surface area (Å²) in [4.78, 5) is 18.7. The zero-order chi connectivity index (χ0) is 21.0. The Morgan fingerprint density at radius 2 is 1.81 bits per heavy atom. The van der Waals surface area contributed by atoms with Gasteiger partial charge in [-0.25, -0.2) is 0 Å². The molecule has 1 saturated heterocycles. The molecule has 162 valence electrons. The smallest absolute Gasteiger partial charge is 0.233 e. The second-order valence-electron chi connectivity index (χ2n) is 8.21. The van der Waals surface area contributed by atoms with Crippen LogP contribution in [0, 0.1) is 0 Å². The van der Waals surface area contributed by atoms with Crippen molar-refractivity contribution in [2.45, 2.75) is 37.0 Å². The molecule has 6 nitrogen and oxygen atoms in total. The lowest BCUT2D eigenvalue weighted by Gasteiger charge is -2.34. The van der Waals surface area contributed by atoms with Crippen molar-refractivity contribution >= 4 is 29.0 Å². The van der Waals surface area contributed by atoms with Crippen LogP contribution >= 0.6 is 23.1 Å². The molecule has 5 rings (SSSR count). The number of rotatable bonds is 8. The fraction of sp³-hybridized carbons (Fsp3) is 0.435. The summed E-state index contributed by atoms with van der Waals surface area (Å²) >= 11 is 3.32. The Kier molecular flexibility index (Phi) is 6.38. The van der Waals surface area contributed by atoms with Gasteiger partial charge in [-0.05, 0) is 29.9 Å². The van der Waals surface area contributed by atoms with Gasteiger partial charge in [0, 0.05) is 43.5 Å². The minimum Gasteiger partial charge on any atom is -0.339 e. The van der Waals surface area contributed by atoms with Crippen molar-refractivity contribution in [3.8, 4) is 0 Å². The third kappa shape index (κ3) is 5.19. The number of piperazine rings is 1. The van der Waals surface area contributed by atoms with Gasteiger partial charge >= 0.3 is 0 Å². The molecule has 3 aromatic rings. The second kappa shape index (κ2) is 9.54. The zero-order valence-electron chi connectivity index (χ0n) is 17.5. The molecule has 0 bridgehead atoms. The van der Waals surface area contributed by atoms with Gasteiger partial charge in [0.2, 0.25) is 5.91 Å². The molecular formula is C23H27N5OS2. The van der Waals surface area contributed by atoms with E-state index in [4.69, 9.17) is 0 Å². The van der Waals surface area contributed by atoms with Crippen LogP contribution in [0.1, 0.15) is 35.0 Å². The lowest BCUT2D eigenvalue weighted by atomic mass is 10.2. The van der Waals surface area contributed by atoms with Crippen LogP contribution in [0.4, 0.5) is 0 Å². The number of carbonyl (C=O) groups excluding carboxylic acids is 1. The number of carbonyl (C=O) groups is 1. The highest BCUT2D eigenvalue weighted by atomic mass is 32.2. The summed E-state index contributed by atoms with van der Waals surface area (Å²) in [6, 6.07) is 14.7. The number of benzene rings is 1. The maximum Gasteiger partial charge on any atom is 0.233 e. The number of aromatic nitrogens is 3. The van der Waals surface area contributed by atoms with Crippen LogP contribution in [0.25, 0.3) is 0 Å². The summed E-state index contributed by atoms with van der Waals surface area (Å²) in [6.45, 7) is 5.22. The standard InChI is InChI=1S/C23H27N5OS2/c29-21(27-12-10-26(11-13-27)16-20-7-4-14-30-20)17-31-23-25-24-22(19-8-9-19)28(23)15-18-5-2-1-3-6-18/h1-7,14,19H,8-13,15-17H2. The first kappa shape index (κ1) is 20.7. The Balaban J connectivity index is 1.17. The van der Waals surface area contributed by atoms with Crippen LogP contribution in [-0.4, -0.2) is 62.4 Å². The van der Waals surface area contributed by atoms with E-state index in [1.807, 2.05) is 11.0 Å². The van der Waals surface area contributed by atoms with E-state index >= 15 is 0 Å². The molecule has 1 amide bonds. The summed E-state index contributed by atoms with van der Waals surface area (Å²) in [5.41, 5.74) is 1.24. The van der Waals surface area contributed by atoms with Crippen molar-refractivity contribution in [2.24, 2.45) is 0 Å². The third-order valence-corrected chi connectivity index (χ3v) is 7.69. The monoisotopic (exact) mass is 453 g/mol. The number of thiophene rings is 1. The molecule has 2 fully saturated rings. The van der Waals surface area contributed by atoms with Gasteiger partial charge in [-0.1, -0.05) is 48.2 Å². The molecule has 0 N–H and O–H groups in total. The van der Waals surface area contributed by atoms with E-state index in [9.17, 15) is 4.79 Å². The van der Waals surface area contributed by atoms with Crippen LogP contribution in [0.15, 0.2) is 53.0 Å². The molecule has 0 unspecified atom stereocenters. The SMILES string of the molecule is O=C(CSc1nnc(C2CC2)n1Cc1ccccc1)N1CCN(Cc2cccs2)CC1. The Bertz CT molecular complexity index is 992. The van der Waals surface area contributed by atoms with E-state index in [1.54, 1.807) is 11.3 Å². The highest BCUT2D eigenvalue weighted by Crippen LogP contribution is 2.40. The van der Waals surface area contributed by atoms with Crippen LogP contribution in [0.2, 0.25) is 0 Å². The Hall–Kier alpha value is -2.16. The normalized spacial score (nSPS) is 17.2. The summed E-state index contributed by atoms with van der Waals surface area (Å²) in [7, 11) is 0. The molecule has 2 aromatic heterocycles. The highest BCUT2D eigenvalue weighted by Gasteiger charge is 2.31. The number of nitrogens with zero attached hydrogens (tertiary/aromatic N) is 5. The second-order valence-corrected chi connectivity index (χ2v) is 10.2. The van der Waals surface area contributed by atoms with Gasteiger partial charge < -0.3 is 9.47 Å². The van der Waals surface area contributed by atoms with E-state index in [-0.39, 0.29) is 5.91 Å². The van der Waals surface area contributed by atoms with E-state index < -0.39 is 0 Å². The lowest BCUT2D eigenvalue weighted by Crippen LogP contribution is -2.48. The average Bonchev–Trinajstić information content (AvgIpc) is 3.37. The van der Waals surface area contributed by atoms with Crippen molar-refractivity contribution in [1.29, 1.82) is 0 Å². The van der Waals surface area contributed by atoms with Gasteiger partial charge in [-0.15, -0.1) is 21.5 Å². The predicted octanol–water partition coefficient (Wildman–Crippen LogP) is 3.70. The van der Waals surface area contributed by atoms with E-state index in [2.05, 4.69) is 61.4 Å². The molecule has 3 heterocycles. The first-order valence-corrected chi connectivity index (χ1v) is 12.7. The summed E-state index contributed by atoms with van der Waals surface area (Å²) in [6.07, 6.45) is 2.37. The quantitative estimate of drug-likeness (QED) is 0.487. The van der Waals surface area contributed by atoms with Crippen molar-refractivity contribution in [1.82, 2.24) is 24.6 Å². The number of hydrogen-bond donors (Lipinski definition) is 0.